The molecule has 0 amide bonds. The lowest BCUT2D eigenvalue weighted by molar-refractivity contribution is 1.00. The molecule has 7 aromatic carbocycles. The standard InChI is InChI=1S/C43H25N5/c44-26-37-32-17-6-9-19-36(32)45-43(46-37)48-39-21-11-8-18-33(39)42-31-16-5-4-14-29(31)34(25-41(42)48)27-22-23-40-35(24-27)30-15-7-10-20-38(30)47(40)28-12-2-1-3-13-28/h1-25H. The van der Waals surface area contributed by atoms with Crippen LogP contribution in [0.2, 0.25) is 0 Å². The Balaban J connectivity index is 1.31. The Morgan fingerprint density at radius 1 is 0.458 bits per heavy atom. The molecule has 0 aliphatic rings. The molecule has 222 valence electrons. The van der Waals surface area contributed by atoms with Crippen LogP contribution in [0.1, 0.15) is 5.69 Å². The minimum Gasteiger partial charge on any atom is -0.309 e. The molecule has 3 heterocycles. The Morgan fingerprint density at radius 3 is 1.88 bits per heavy atom. The maximum absolute atomic E-state index is 10.1. The molecule has 0 aliphatic carbocycles. The molecule has 5 heteroatoms. The lowest BCUT2D eigenvalue weighted by Gasteiger charge is -2.13. The zero-order valence-electron chi connectivity index (χ0n) is 25.7. The highest BCUT2D eigenvalue weighted by molar-refractivity contribution is 6.24. The fraction of sp³-hybridized carbons (Fsp3) is 0. The van der Waals surface area contributed by atoms with E-state index in [1.807, 2.05) is 30.3 Å². The van der Waals surface area contributed by atoms with Crippen LogP contribution in [0.3, 0.4) is 0 Å². The first-order valence-electron chi connectivity index (χ1n) is 16.0. The van der Waals surface area contributed by atoms with Gasteiger partial charge < -0.3 is 4.57 Å². The van der Waals surface area contributed by atoms with Crippen LogP contribution in [-0.2, 0) is 0 Å². The van der Waals surface area contributed by atoms with Gasteiger partial charge in [0.15, 0.2) is 5.69 Å². The molecule has 0 aliphatic heterocycles. The third-order valence-corrected chi connectivity index (χ3v) is 9.57. The summed E-state index contributed by atoms with van der Waals surface area (Å²) in [6, 6.07) is 55.3. The van der Waals surface area contributed by atoms with E-state index in [1.54, 1.807) is 0 Å². The molecule has 0 saturated heterocycles. The Bertz CT molecular complexity index is 2960. The number of para-hydroxylation sites is 4. The molecule has 48 heavy (non-hydrogen) atoms. The number of hydrogen-bond acceptors (Lipinski definition) is 3. The van der Waals surface area contributed by atoms with E-state index in [-0.39, 0.29) is 0 Å². The highest BCUT2D eigenvalue weighted by atomic mass is 15.2. The van der Waals surface area contributed by atoms with E-state index in [1.165, 1.54) is 27.2 Å². The van der Waals surface area contributed by atoms with Crippen molar-refractivity contribution in [2.75, 3.05) is 0 Å². The number of aromatic nitrogens is 4. The molecule has 0 fully saturated rings. The third kappa shape index (κ3) is 3.72. The SMILES string of the molecule is N#Cc1nc(-n2c3ccccc3c3c4ccccc4c(-c4ccc5c(c4)c4ccccc4n5-c4ccccc4)cc32)nc2ccccc12. The van der Waals surface area contributed by atoms with Crippen molar-refractivity contribution in [3.05, 3.63) is 157 Å². The number of rotatable bonds is 3. The van der Waals surface area contributed by atoms with Gasteiger partial charge in [0.05, 0.1) is 27.6 Å². The second-order valence-electron chi connectivity index (χ2n) is 12.1. The van der Waals surface area contributed by atoms with E-state index in [9.17, 15) is 5.26 Å². The van der Waals surface area contributed by atoms with Gasteiger partial charge in [-0.15, -0.1) is 0 Å². The van der Waals surface area contributed by atoms with Crippen LogP contribution >= 0.6 is 0 Å². The molecule has 0 unspecified atom stereocenters. The van der Waals surface area contributed by atoms with Gasteiger partial charge in [-0.2, -0.15) is 5.26 Å². The third-order valence-electron chi connectivity index (χ3n) is 9.57. The van der Waals surface area contributed by atoms with Crippen LogP contribution in [0.15, 0.2) is 152 Å². The van der Waals surface area contributed by atoms with Crippen molar-refractivity contribution in [1.29, 1.82) is 5.26 Å². The Hall–Kier alpha value is -6.77. The first kappa shape index (κ1) is 26.4. The van der Waals surface area contributed by atoms with Crippen molar-refractivity contribution in [1.82, 2.24) is 19.1 Å². The predicted molar refractivity (Wildman–Crippen MR) is 196 cm³/mol. The summed E-state index contributed by atoms with van der Waals surface area (Å²) in [5.74, 6) is 0.485. The topological polar surface area (TPSA) is 59.4 Å². The number of nitrogens with zero attached hydrogens (tertiary/aromatic N) is 5. The van der Waals surface area contributed by atoms with Crippen LogP contribution < -0.4 is 0 Å². The summed E-state index contributed by atoms with van der Waals surface area (Å²) >= 11 is 0. The van der Waals surface area contributed by atoms with Gasteiger partial charge in [0.25, 0.3) is 0 Å². The zero-order chi connectivity index (χ0) is 31.8. The Morgan fingerprint density at radius 2 is 1.08 bits per heavy atom. The molecule has 0 saturated carbocycles. The Labute approximate surface area is 275 Å². The largest absolute Gasteiger partial charge is 0.309 e. The van der Waals surface area contributed by atoms with Gasteiger partial charge in [0.1, 0.15) is 6.07 Å². The van der Waals surface area contributed by atoms with Crippen molar-refractivity contribution in [2.45, 2.75) is 0 Å². The summed E-state index contributed by atoms with van der Waals surface area (Å²) in [5.41, 5.74) is 8.84. The molecule has 10 rings (SSSR count). The van der Waals surface area contributed by atoms with Gasteiger partial charge in [-0.3, -0.25) is 4.57 Å². The number of hydrogen-bond donors (Lipinski definition) is 0. The van der Waals surface area contributed by atoms with E-state index < -0.39 is 0 Å². The lowest BCUT2D eigenvalue weighted by atomic mass is 9.94. The van der Waals surface area contributed by atoms with Gasteiger partial charge in [-0.05, 0) is 76.5 Å². The molecule has 0 spiro atoms. The first-order chi connectivity index (χ1) is 23.8. The van der Waals surface area contributed by atoms with Crippen LogP contribution in [0.25, 0.3) is 88.0 Å². The lowest BCUT2D eigenvalue weighted by Crippen LogP contribution is -2.03. The van der Waals surface area contributed by atoms with Gasteiger partial charge in [-0.25, -0.2) is 9.97 Å². The molecule has 3 aromatic heterocycles. The summed E-state index contributed by atoms with van der Waals surface area (Å²) in [5, 5.41) is 17.9. The number of benzene rings is 7. The zero-order valence-corrected chi connectivity index (χ0v) is 25.7. The number of fused-ring (bicyclic) bond motifs is 9. The second-order valence-corrected chi connectivity index (χ2v) is 12.1. The molecule has 0 atom stereocenters. The summed E-state index contributed by atoms with van der Waals surface area (Å²) in [6.45, 7) is 0. The second kappa shape index (κ2) is 10.1. The van der Waals surface area contributed by atoms with Gasteiger partial charge in [0, 0.05) is 32.6 Å². The van der Waals surface area contributed by atoms with Crippen molar-refractivity contribution >= 4 is 65.3 Å². The van der Waals surface area contributed by atoms with E-state index in [0.29, 0.717) is 11.6 Å². The predicted octanol–water partition coefficient (Wildman–Crippen LogP) is 10.5. The minimum atomic E-state index is 0.364. The average molecular weight is 612 g/mol. The molecule has 0 radical (unpaired) electrons. The average Bonchev–Trinajstić information content (AvgIpc) is 3.67. The monoisotopic (exact) mass is 611 g/mol. The Kier molecular flexibility index (Phi) is 5.57. The fourth-order valence-corrected chi connectivity index (χ4v) is 7.53. The number of nitriles is 1. The maximum atomic E-state index is 10.1. The van der Waals surface area contributed by atoms with Crippen molar-refractivity contribution in [2.24, 2.45) is 0 Å². The van der Waals surface area contributed by atoms with Crippen LogP contribution in [-0.4, -0.2) is 19.1 Å². The molecular formula is C43H25N5. The normalized spacial score (nSPS) is 11.7. The van der Waals surface area contributed by atoms with Gasteiger partial charge >= 0.3 is 0 Å². The summed E-state index contributed by atoms with van der Waals surface area (Å²) in [4.78, 5) is 9.85. The van der Waals surface area contributed by atoms with E-state index in [4.69, 9.17) is 9.97 Å². The van der Waals surface area contributed by atoms with E-state index in [2.05, 4.69) is 137 Å². The van der Waals surface area contributed by atoms with Crippen LogP contribution in [0, 0.1) is 11.3 Å². The van der Waals surface area contributed by atoms with Crippen LogP contribution in [0.5, 0.6) is 0 Å². The van der Waals surface area contributed by atoms with E-state index >= 15 is 0 Å². The minimum absolute atomic E-state index is 0.364. The van der Waals surface area contributed by atoms with E-state index in [0.717, 1.165) is 54.9 Å². The highest BCUT2D eigenvalue weighted by Gasteiger charge is 2.21. The van der Waals surface area contributed by atoms with Crippen molar-refractivity contribution in [3.8, 4) is 28.8 Å². The summed E-state index contributed by atoms with van der Waals surface area (Å²) < 4.78 is 4.46. The summed E-state index contributed by atoms with van der Waals surface area (Å²) in [7, 11) is 0. The molecule has 0 bridgehead atoms. The molecule has 10 aromatic rings. The smallest absolute Gasteiger partial charge is 0.236 e. The van der Waals surface area contributed by atoms with Crippen LogP contribution in [0.4, 0.5) is 0 Å². The van der Waals surface area contributed by atoms with Crippen molar-refractivity contribution < 1.29 is 0 Å². The summed E-state index contributed by atoms with van der Waals surface area (Å²) in [6.07, 6.45) is 0. The first-order valence-corrected chi connectivity index (χ1v) is 16.0. The molecule has 0 N–H and O–H groups in total. The fourth-order valence-electron chi connectivity index (χ4n) is 7.53. The molecule has 5 nitrogen and oxygen atoms in total. The highest BCUT2D eigenvalue weighted by Crippen LogP contribution is 2.42. The van der Waals surface area contributed by atoms with Crippen molar-refractivity contribution in [3.63, 3.8) is 0 Å². The maximum Gasteiger partial charge on any atom is 0.236 e. The quantitative estimate of drug-likeness (QED) is 0.200. The molecular weight excluding hydrogens is 587 g/mol. The van der Waals surface area contributed by atoms with Gasteiger partial charge in [0.2, 0.25) is 5.95 Å². The van der Waals surface area contributed by atoms with Gasteiger partial charge in [-0.1, -0.05) is 97.1 Å².